The van der Waals surface area contributed by atoms with Gasteiger partial charge in [0, 0.05) is 25.2 Å². The highest BCUT2D eigenvalue weighted by Crippen LogP contribution is 2.27. The molecule has 0 radical (unpaired) electrons. The molecule has 1 aromatic rings. The molecule has 5 nitrogen and oxygen atoms in total. The van der Waals surface area contributed by atoms with Crippen LogP contribution in [0, 0.1) is 10.1 Å². The highest BCUT2D eigenvalue weighted by Gasteiger charge is 2.24. The first-order valence-corrected chi connectivity index (χ1v) is 7.22. The summed E-state index contributed by atoms with van der Waals surface area (Å²) in [7, 11) is 1.96. The van der Waals surface area contributed by atoms with E-state index in [9.17, 15) is 10.1 Å². The SMILES string of the molecule is CNCC1CCCN1Cc1ccc(Br)c([N+](=O)[O-])c1.Cl. The van der Waals surface area contributed by atoms with Gasteiger partial charge < -0.3 is 5.32 Å². The van der Waals surface area contributed by atoms with Gasteiger partial charge in [0.25, 0.3) is 5.69 Å². The number of benzene rings is 1. The Balaban J connectivity index is 0.00000200. The van der Waals surface area contributed by atoms with Crippen LogP contribution in [0.5, 0.6) is 0 Å². The van der Waals surface area contributed by atoms with E-state index in [1.807, 2.05) is 13.1 Å². The maximum Gasteiger partial charge on any atom is 0.283 e. The second-order valence-corrected chi connectivity index (χ2v) is 5.72. The maximum atomic E-state index is 10.9. The van der Waals surface area contributed by atoms with Crippen LogP contribution in [-0.4, -0.2) is 36.0 Å². The Labute approximate surface area is 133 Å². The van der Waals surface area contributed by atoms with Crippen LogP contribution in [-0.2, 0) is 6.54 Å². The van der Waals surface area contributed by atoms with Crippen molar-refractivity contribution in [2.45, 2.75) is 25.4 Å². The van der Waals surface area contributed by atoms with E-state index in [2.05, 4.69) is 26.1 Å². The van der Waals surface area contributed by atoms with Crippen molar-refractivity contribution in [3.8, 4) is 0 Å². The summed E-state index contributed by atoms with van der Waals surface area (Å²) in [6, 6.07) is 5.91. The van der Waals surface area contributed by atoms with Crippen LogP contribution in [0.3, 0.4) is 0 Å². The van der Waals surface area contributed by atoms with E-state index in [0.717, 1.165) is 25.2 Å². The average Bonchev–Trinajstić information content (AvgIpc) is 2.79. The molecule has 0 aromatic heterocycles. The van der Waals surface area contributed by atoms with Crippen molar-refractivity contribution in [2.24, 2.45) is 0 Å². The second-order valence-electron chi connectivity index (χ2n) is 4.87. The van der Waals surface area contributed by atoms with Crippen LogP contribution >= 0.6 is 28.3 Å². The molecule has 20 heavy (non-hydrogen) atoms. The van der Waals surface area contributed by atoms with E-state index >= 15 is 0 Å². The number of nitro groups is 1. The van der Waals surface area contributed by atoms with E-state index in [4.69, 9.17) is 0 Å². The molecule has 0 spiro atoms. The number of hydrogen-bond donors (Lipinski definition) is 1. The summed E-state index contributed by atoms with van der Waals surface area (Å²) in [5, 5.41) is 14.1. The molecule has 0 saturated carbocycles. The predicted molar refractivity (Wildman–Crippen MR) is 85.4 cm³/mol. The lowest BCUT2D eigenvalue weighted by molar-refractivity contribution is -0.385. The molecule has 1 saturated heterocycles. The van der Waals surface area contributed by atoms with Crippen molar-refractivity contribution in [3.05, 3.63) is 38.3 Å². The van der Waals surface area contributed by atoms with Gasteiger partial charge >= 0.3 is 0 Å². The van der Waals surface area contributed by atoms with Crippen molar-refractivity contribution in [2.75, 3.05) is 20.1 Å². The van der Waals surface area contributed by atoms with Gasteiger partial charge in [0.15, 0.2) is 0 Å². The molecule has 1 unspecified atom stereocenters. The Morgan fingerprint density at radius 3 is 2.95 bits per heavy atom. The number of nitrogens with one attached hydrogen (secondary N) is 1. The number of hydrogen-bond acceptors (Lipinski definition) is 4. The third-order valence-electron chi connectivity index (χ3n) is 3.53. The van der Waals surface area contributed by atoms with Gasteiger partial charge in [-0.05, 0) is 54.0 Å². The monoisotopic (exact) mass is 363 g/mol. The largest absolute Gasteiger partial charge is 0.318 e. The minimum absolute atomic E-state index is 0. The molecular formula is C13H19BrClN3O2. The van der Waals surface area contributed by atoms with E-state index in [-0.39, 0.29) is 23.0 Å². The summed E-state index contributed by atoms with van der Waals surface area (Å²) in [6.07, 6.45) is 2.39. The molecule has 1 heterocycles. The maximum absolute atomic E-state index is 10.9. The highest BCUT2D eigenvalue weighted by atomic mass is 79.9. The molecule has 1 aliphatic rings. The number of likely N-dealkylation sites (tertiary alicyclic amines) is 1. The van der Waals surface area contributed by atoms with Gasteiger partial charge in [-0.3, -0.25) is 15.0 Å². The number of nitro benzene ring substituents is 1. The lowest BCUT2D eigenvalue weighted by atomic mass is 10.1. The first kappa shape index (κ1) is 17.4. The Hall–Kier alpha value is -0.690. The molecule has 7 heteroatoms. The topological polar surface area (TPSA) is 58.4 Å². The van der Waals surface area contributed by atoms with E-state index in [1.54, 1.807) is 12.1 Å². The Morgan fingerprint density at radius 2 is 2.30 bits per heavy atom. The van der Waals surface area contributed by atoms with Crippen LogP contribution in [0.25, 0.3) is 0 Å². The van der Waals surface area contributed by atoms with Crippen molar-refractivity contribution in [3.63, 3.8) is 0 Å². The van der Waals surface area contributed by atoms with Gasteiger partial charge in [0.2, 0.25) is 0 Å². The predicted octanol–water partition coefficient (Wildman–Crippen LogP) is 2.96. The quantitative estimate of drug-likeness (QED) is 0.644. The van der Waals surface area contributed by atoms with Gasteiger partial charge in [0.05, 0.1) is 9.40 Å². The van der Waals surface area contributed by atoms with Crippen LogP contribution in [0.15, 0.2) is 22.7 Å². The third kappa shape index (κ3) is 4.15. The van der Waals surface area contributed by atoms with Gasteiger partial charge in [-0.25, -0.2) is 0 Å². The highest BCUT2D eigenvalue weighted by molar-refractivity contribution is 9.10. The van der Waals surface area contributed by atoms with Gasteiger partial charge in [-0.15, -0.1) is 12.4 Å². The molecule has 1 aliphatic heterocycles. The van der Waals surface area contributed by atoms with Crippen molar-refractivity contribution in [1.29, 1.82) is 0 Å². The average molecular weight is 365 g/mol. The number of likely N-dealkylation sites (N-methyl/N-ethyl adjacent to an activating group) is 1. The van der Waals surface area contributed by atoms with Crippen molar-refractivity contribution < 1.29 is 4.92 Å². The Bertz CT molecular complexity index is 473. The summed E-state index contributed by atoms with van der Waals surface area (Å²) in [5.41, 5.74) is 1.14. The molecule has 1 aromatic carbocycles. The van der Waals surface area contributed by atoms with E-state index in [1.165, 1.54) is 12.8 Å². The van der Waals surface area contributed by atoms with Gasteiger partial charge in [-0.2, -0.15) is 0 Å². The fraction of sp³-hybridized carbons (Fsp3) is 0.538. The number of rotatable bonds is 5. The molecule has 0 bridgehead atoms. The Morgan fingerprint density at radius 1 is 1.55 bits per heavy atom. The molecule has 1 atom stereocenters. The fourth-order valence-electron chi connectivity index (χ4n) is 2.60. The zero-order valence-corrected chi connectivity index (χ0v) is 13.7. The molecular weight excluding hydrogens is 346 g/mol. The normalized spacial score (nSPS) is 18.8. The molecule has 1 N–H and O–H groups in total. The van der Waals surface area contributed by atoms with Crippen molar-refractivity contribution >= 4 is 34.0 Å². The van der Waals surface area contributed by atoms with Crippen molar-refractivity contribution in [1.82, 2.24) is 10.2 Å². The molecule has 1 fully saturated rings. The van der Waals surface area contributed by atoms with Gasteiger partial charge in [-0.1, -0.05) is 6.07 Å². The summed E-state index contributed by atoms with van der Waals surface area (Å²) in [6.45, 7) is 2.81. The number of nitrogens with zero attached hydrogens (tertiary/aromatic N) is 2. The molecule has 2 rings (SSSR count). The molecule has 0 amide bonds. The smallest absolute Gasteiger partial charge is 0.283 e. The minimum atomic E-state index is -0.345. The standard InChI is InChI=1S/C13H18BrN3O2.ClH/c1-15-8-11-3-2-6-16(11)9-10-4-5-12(14)13(7-10)17(18)19;/h4-5,7,11,15H,2-3,6,8-9H2,1H3;1H. The summed E-state index contributed by atoms with van der Waals surface area (Å²) in [5.74, 6) is 0. The van der Waals surface area contributed by atoms with Gasteiger partial charge in [0.1, 0.15) is 0 Å². The minimum Gasteiger partial charge on any atom is -0.318 e. The lowest BCUT2D eigenvalue weighted by Crippen LogP contribution is -2.36. The van der Waals surface area contributed by atoms with Crippen LogP contribution in [0.4, 0.5) is 5.69 Å². The zero-order chi connectivity index (χ0) is 13.8. The summed E-state index contributed by atoms with van der Waals surface area (Å²) >= 11 is 3.22. The first-order chi connectivity index (χ1) is 9.11. The van der Waals surface area contributed by atoms with Crippen LogP contribution in [0.2, 0.25) is 0 Å². The number of halogens is 2. The molecule has 0 aliphatic carbocycles. The van der Waals surface area contributed by atoms with Crippen LogP contribution in [0.1, 0.15) is 18.4 Å². The summed E-state index contributed by atoms with van der Waals surface area (Å²) in [4.78, 5) is 13.0. The molecule has 112 valence electrons. The van der Waals surface area contributed by atoms with Crippen LogP contribution < -0.4 is 5.32 Å². The zero-order valence-electron chi connectivity index (χ0n) is 11.3. The lowest BCUT2D eigenvalue weighted by Gasteiger charge is -2.24. The van der Waals surface area contributed by atoms with E-state index < -0.39 is 0 Å². The second kappa shape index (κ2) is 7.93. The Kier molecular flexibility index (Phi) is 6.88. The summed E-state index contributed by atoms with van der Waals surface area (Å²) < 4.78 is 0.537. The first-order valence-electron chi connectivity index (χ1n) is 6.43. The fourth-order valence-corrected chi connectivity index (χ4v) is 2.99. The van der Waals surface area contributed by atoms with E-state index in [0.29, 0.717) is 10.5 Å². The third-order valence-corrected chi connectivity index (χ3v) is 4.20.